The SMILES string of the molecule is CC(NC(=O)COc1ccc([N+](=O)[O-])cc1Cl)c1ccc(Cl)cc1. The molecular formula is C16H14Cl2N2O4. The largest absolute Gasteiger partial charge is 0.482 e. The van der Waals surface area contributed by atoms with Crippen molar-refractivity contribution < 1.29 is 14.5 Å². The molecule has 1 amide bonds. The van der Waals surface area contributed by atoms with Gasteiger partial charge in [-0.05, 0) is 30.7 Å². The van der Waals surface area contributed by atoms with Crippen molar-refractivity contribution in [3.05, 3.63) is 68.2 Å². The van der Waals surface area contributed by atoms with E-state index in [1.54, 1.807) is 12.1 Å². The summed E-state index contributed by atoms with van der Waals surface area (Å²) in [5, 5.41) is 14.1. The summed E-state index contributed by atoms with van der Waals surface area (Å²) in [7, 11) is 0. The Morgan fingerprint density at radius 1 is 1.25 bits per heavy atom. The summed E-state index contributed by atoms with van der Waals surface area (Å²) in [4.78, 5) is 22.0. The zero-order valence-corrected chi connectivity index (χ0v) is 14.2. The van der Waals surface area contributed by atoms with Crippen molar-refractivity contribution in [1.29, 1.82) is 0 Å². The fraction of sp³-hybridized carbons (Fsp3) is 0.188. The lowest BCUT2D eigenvalue weighted by Gasteiger charge is -2.15. The van der Waals surface area contributed by atoms with Gasteiger partial charge in [0.2, 0.25) is 0 Å². The zero-order valence-electron chi connectivity index (χ0n) is 12.7. The second-order valence-electron chi connectivity index (χ2n) is 5.00. The Morgan fingerprint density at radius 3 is 2.50 bits per heavy atom. The summed E-state index contributed by atoms with van der Waals surface area (Å²) < 4.78 is 5.30. The maximum Gasteiger partial charge on any atom is 0.271 e. The van der Waals surface area contributed by atoms with Gasteiger partial charge in [0, 0.05) is 17.2 Å². The van der Waals surface area contributed by atoms with Gasteiger partial charge in [-0.1, -0.05) is 35.3 Å². The fourth-order valence-corrected chi connectivity index (χ4v) is 2.34. The van der Waals surface area contributed by atoms with Crippen molar-refractivity contribution in [3.8, 4) is 5.75 Å². The molecule has 0 spiro atoms. The molecule has 0 saturated carbocycles. The Kier molecular flexibility index (Phi) is 6.00. The summed E-state index contributed by atoms with van der Waals surface area (Å²) in [6.07, 6.45) is 0. The van der Waals surface area contributed by atoms with E-state index in [0.717, 1.165) is 5.56 Å². The third kappa shape index (κ3) is 4.84. The molecule has 1 unspecified atom stereocenters. The minimum atomic E-state index is -0.559. The van der Waals surface area contributed by atoms with Gasteiger partial charge in [0.25, 0.3) is 11.6 Å². The van der Waals surface area contributed by atoms with Crippen LogP contribution in [0.5, 0.6) is 5.75 Å². The molecular weight excluding hydrogens is 355 g/mol. The van der Waals surface area contributed by atoms with Crippen LogP contribution >= 0.6 is 23.2 Å². The van der Waals surface area contributed by atoms with Gasteiger partial charge in [-0.15, -0.1) is 0 Å². The number of benzene rings is 2. The summed E-state index contributed by atoms with van der Waals surface area (Å²) >= 11 is 11.7. The molecule has 0 heterocycles. The molecule has 0 aromatic heterocycles. The first-order chi connectivity index (χ1) is 11.4. The molecule has 2 aromatic rings. The second-order valence-corrected chi connectivity index (χ2v) is 5.84. The highest BCUT2D eigenvalue weighted by Crippen LogP contribution is 2.28. The highest BCUT2D eigenvalue weighted by atomic mass is 35.5. The van der Waals surface area contributed by atoms with Crippen LogP contribution in [0, 0.1) is 10.1 Å². The normalized spacial score (nSPS) is 11.6. The van der Waals surface area contributed by atoms with Crippen LogP contribution in [-0.4, -0.2) is 17.4 Å². The van der Waals surface area contributed by atoms with E-state index >= 15 is 0 Å². The number of hydrogen-bond donors (Lipinski definition) is 1. The summed E-state index contributed by atoms with van der Waals surface area (Å²) in [5.74, 6) is -0.136. The number of hydrogen-bond acceptors (Lipinski definition) is 4. The Labute approximate surface area is 148 Å². The van der Waals surface area contributed by atoms with E-state index in [9.17, 15) is 14.9 Å². The lowest BCUT2D eigenvalue weighted by atomic mass is 10.1. The Balaban J connectivity index is 1.91. The number of rotatable bonds is 6. The molecule has 1 N–H and O–H groups in total. The van der Waals surface area contributed by atoms with Gasteiger partial charge in [0.15, 0.2) is 6.61 Å². The summed E-state index contributed by atoms with van der Waals surface area (Å²) in [6.45, 7) is 1.58. The smallest absolute Gasteiger partial charge is 0.271 e. The van der Waals surface area contributed by atoms with Crippen LogP contribution in [0.1, 0.15) is 18.5 Å². The number of nitrogens with zero attached hydrogens (tertiary/aromatic N) is 1. The topological polar surface area (TPSA) is 81.5 Å². The highest BCUT2D eigenvalue weighted by molar-refractivity contribution is 6.32. The van der Waals surface area contributed by atoms with Crippen LogP contribution < -0.4 is 10.1 Å². The van der Waals surface area contributed by atoms with E-state index in [1.165, 1.54) is 18.2 Å². The maximum absolute atomic E-state index is 11.9. The summed E-state index contributed by atoms with van der Waals surface area (Å²) in [6, 6.07) is 10.7. The second kappa shape index (κ2) is 7.99. The maximum atomic E-state index is 11.9. The van der Waals surface area contributed by atoms with Crippen LogP contribution in [0.15, 0.2) is 42.5 Å². The number of nitro groups is 1. The molecule has 1 atom stereocenters. The Bertz CT molecular complexity index is 750. The van der Waals surface area contributed by atoms with Crippen molar-refractivity contribution in [2.24, 2.45) is 0 Å². The van der Waals surface area contributed by atoms with Gasteiger partial charge in [-0.2, -0.15) is 0 Å². The number of non-ortho nitro benzene ring substituents is 1. The zero-order chi connectivity index (χ0) is 17.7. The molecule has 24 heavy (non-hydrogen) atoms. The quantitative estimate of drug-likeness (QED) is 0.612. The van der Waals surface area contributed by atoms with E-state index < -0.39 is 4.92 Å². The molecule has 0 aliphatic heterocycles. The molecule has 0 radical (unpaired) electrons. The van der Waals surface area contributed by atoms with Crippen LogP contribution in [0.3, 0.4) is 0 Å². The van der Waals surface area contributed by atoms with Gasteiger partial charge >= 0.3 is 0 Å². The first kappa shape index (κ1) is 18.0. The van der Waals surface area contributed by atoms with E-state index in [2.05, 4.69) is 5.32 Å². The van der Waals surface area contributed by atoms with E-state index in [-0.39, 0.29) is 35.0 Å². The van der Waals surface area contributed by atoms with Gasteiger partial charge in [0.05, 0.1) is 16.0 Å². The third-order valence-corrected chi connectivity index (χ3v) is 3.78. The van der Waals surface area contributed by atoms with Crippen molar-refractivity contribution >= 4 is 34.8 Å². The molecule has 0 aliphatic carbocycles. The molecule has 0 saturated heterocycles. The minimum Gasteiger partial charge on any atom is -0.482 e. The van der Waals surface area contributed by atoms with Crippen molar-refractivity contribution in [3.63, 3.8) is 0 Å². The van der Waals surface area contributed by atoms with E-state index in [1.807, 2.05) is 19.1 Å². The molecule has 126 valence electrons. The number of carbonyl (C=O) groups excluding carboxylic acids is 1. The van der Waals surface area contributed by atoms with Gasteiger partial charge < -0.3 is 10.1 Å². The number of amides is 1. The molecule has 6 nitrogen and oxygen atoms in total. The van der Waals surface area contributed by atoms with Crippen molar-refractivity contribution in [2.75, 3.05) is 6.61 Å². The monoisotopic (exact) mass is 368 g/mol. The lowest BCUT2D eigenvalue weighted by molar-refractivity contribution is -0.384. The van der Waals surface area contributed by atoms with Crippen molar-refractivity contribution in [2.45, 2.75) is 13.0 Å². The average molecular weight is 369 g/mol. The number of nitro benzene ring substituents is 1. The van der Waals surface area contributed by atoms with Crippen LogP contribution in [-0.2, 0) is 4.79 Å². The van der Waals surface area contributed by atoms with Crippen LogP contribution in [0.25, 0.3) is 0 Å². The predicted molar refractivity (Wildman–Crippen MR) is 91.6 cm³/mol. The molecule has 0 fully saturated rings. The Hall–Kier alpha value is -2.31. The van der Waals surface area contributed by atoms with Gasteiger partial charge in [0.1, 0.15) is 5.75 Å². The molecule has 2 rings (SSSR count). The third-order valence-electron chi connectivity index (χ3n) is 3.23. The highest BCUT2D eigenvalue weighted by Gasteiger charge is 2.13. The number of halogens is 2. The summed E-state index contributed by atoms with van der Waals surface area (Å²) in [5.41, 5.74) is 0.759. The Morgan fingerprint density at radius 2 is 1.92 bits per heavy atom. The standard InChI is InChI=1S/C16H14Cl2N2O4/c1-10(11-2-4-12(17)5-3-11)19-16(21)9-24-15-7-6-13(20(22)23)8-14(15)18/h2-8,10H,9H2,1H3,(H,19,21). The van der Waals surface area contributed by atoms with Crippen LogP contribution in [0.2, 0.25) is 10.0 Å². The van der Waals surface area contributed by atoms with E-state index in [0.29, 0.717) is 5.02 Å². The lowest BCUT2D eigenvalue weighted by Crippen LogP contribution is -2.31. The molecule has 0 aliphatic rings. The average Bonchev–Trinajstić information content (AvgIpc) is 2.54. The first-order valence-corrected chi connectivity index (χ1v) is 7.74. The van der Waals surface area contributed by atoms with Crippen molar-refractivity contribution in [1.82, 2.24) is 5.32 Å². The molecule has 2 aromatic carbocycles. The first-order valence-electron chi connectivity index (χ1n) is 6.98. The predicted octanol–water partition coefficient (Wildman–Crippen LogP) is 4.16. The number of nitrogens with one attached hydrogen (secondary N) is 1. The molecule has 8 heteroatoms. The number of carbonyl (C=O) groups is 1. The van der Waals surface area contributed by atoms with E-state index in [4.69, 9.17) is 27.9 Å². The fourth-order valence-electron chi connectivity index (χ4n) is 1.98. The van der Waals surface area contributed by atoms with Gasteiger partial charge in [-0.3, -0.25) is 14.9 Å². The van der Waals surface area contributed by atoms with Gasteiger partial charge in [-0.25, -0.2) is 0 Å². The number of ether oxygens (including phenoxy) is 1. The molecule has 0 bridgehead atoms. The van der Waals surface area contributed by atoms with Crippen LogP contribution in [0.4, 0.5) is 5.69 Å². The minimum absolute atomic E-state index is 0.0720.